The van der Waals surface area contributed by atoms with Gasteiger partial charge in [-0.15, -0.1) is 0 Å². The number of anilines is 2. The molecule has 7 nitrogen and oxygen atoms in total. The number of benzene rings is 2. The molecule has 1 aliphatic carbocycles. The molecule has 7 heteroatoms. The molecule has 0 heterocycles. The van der Waals surface area contributed by atoms with Crippen LogP contribution in [0, 0.1) is 0 Å². The second-order valence-electron chi connectivity index (χ2n) is 5.74. The number of carbonyl (C=O) groups is 3. The van der Waals surface area contributed by atoms with Crippen LogP contribution in [0.5, 0.6) is 0 Å². The maximum absolute atomic E-state index is 13.0. The number of hydrogen-bond donors (Lipinski definition) is 3. The fourth-order valence-electron chi connectivity index (χ4n) is 3.00. The molecule has 0 amide bonds. The SMILES string of the molecule is CNc1ccc(NCCOCC(=O)O)c2c1C(=O)c1ccccc1C2=O. The summed E-state index contributed by atoms with van der Waals surface area (Å²) in [5.74, 6) is -1.47. The van der Waals surface area contributed by atoms with Crippen LogP contribution in [0.3, 0.4) is 0 Å². The highest BCUT2D eigenvalue weighted by Crippen LogP contribution is 2.36. The van der Waals surface area contributed by atoms with Crippen LogP contribution < -0.4 is 10.6 Å². The molecule has 134 valence electrons. The van der Waals surface area contributed by atoms with Crippen molar-refractivity contribution in [2.75, 3.05) is 37.4 Å². The molecular weight excluding hydrogens is 336 g/mol. The first-order valence-electron chi connectivity index (χ1n) is 8.11. The molecule has 0 aromatic heterocycles. The maximum Gasteiger partial charge on any atom is 0.329 e. The van der Waals surface area contributed by atoms with Crippen LogP contribution in [-0.4, -0.2) is 49.4 Å². The summed E-state index contributed by atoms with van der Waals surface area (Å²) >= 11 is 0. The third-order valence-electron chi connectivity index (χ3n) is 4.13. The van der Waals surface area contributed by atoms with Crippen molar-refractivity contribution in [1.29, 1.82) is 0 Å². The molecule has 26 heavy (non-hydrogen) atoms. The molecule has 0 saturated heterocycles. The number of carboxylic acids is 1. The molecule has 0 unspecified atom stereocenters. The lowest BCUT2D eigenvalue weighted by Gasteiger charge is -2.23. The molecule has 0 fully saturated rings. The zero-order valence-corrected chi connectivity index (χ0v) is 14.2. The summed E-state index contributed by atoms with van der Waals surface area (Å²) in [6.07, 6.45) is 0. The zero-order valence-electron chi connectivity index (χ0n) is 14.2. The summed E-state index contributed by atoms with van der Waals surface area (Å²) in [4.78, 5) is 36.4. The topological polar surface area (TPSA) is 105 Å². The van der Waals surface area contributed by atoms with Crippen LogP contribution >= 0.6 is 0 Å². The van der Waals surface area contributed by atoms with Crippen molar-refractivity contribution in [3.8, 4) is 0 Å². The highest BCUT2D eigenvalue weighted by molar-refractivity contribution is 6.31. The Balaban J connectivity index is 1.93. The van der Waals surface area contributed by atoms with E-state index in [1.165, 1.54) is 0 Å². The molecule has 0 spiro atoms. The highest BCUT2D eigenvalue weighted by Gasteiger charge is 2.33. The van der Waals surface area contributed by atoms with Gasteiger partial charge < -0.3 is 20.5 Å². The predicted octanol–water partition coefficient (Wildman–Crippen LogP) is 2.02. The Bertz CT molecular complexity index is 891. The maximum atomic E-state index is 13.0. The lowest BCUT2D eigenvalue weighted by Crippen LogP contribution is -2.24. The first-order valence-corrected chi connectivity index (χ1v) is 8.11. The van der Waals surface area contributed by atoms with Crippen molar-refractivity contribution in [3.05, 3.63) is 58.7 Å². The van der Waals surface area contributed by atoms with Crippen LogP contribution in [0.2, 0.25) is 0 Å². The molecule has 0 saturated carbocycles. The van der Waals surface area contributed by atoms with Gasteiger partial charge in [0.05, 0.1) is 17.7 Å². The van der Waals surface area contributed by atoms with Gasteiger partial charge >= 0.3 is 5.97 Å². The monoisotopic (exact) mass is 354 g/mol. The van der Waals surface area contributed by atoms with Gasteiger partial charge in [0.2, 0.25) is 0 Å². The Morgan fingerprint density at radius 1 is 1.00 bits per heavy atom. The van der Waals surface area contributed by atoms with Crippen LogP contribution in [0.4, 0.5) is 11.4 Å². The molecule has 0 bridgehead atoms. The summed E-state index contributed by atoms with van der Waals surface area (Å²) in [6.45, 7) is 0.0819. The molecule has 0 aliphatic heterocycles. The number of hydrogen-bond acceptors (Lipinski definition) is 6. The van der Waals surface area contributed by atoms with Gasteiger partial charge in [0, 0.05) is 36.1 Å². The van der Waals surface area contributed by atoms with E-state index in [0.29, 0.717) is 40.2 Å². The van der Waals surface area contributed by atoms with E-state index in [1.807, 2.05) is 0 Å². The summed E-state index contributed by atoms with van der Waals surface area (Å²) in [5.41, 5.74) is 2.53. The van der Waals surface area contributed by atoms with E-state index in [4.69, 9.17) is 9.84 Å². The van der Waals surface area contributed by atoms with Crippen LogP contribution in [0.25, 0.3) is 0 Å². The van der Waals surface area contributed by atoms with Crippen molar-refractivity contribution in [2.45, 2.75) is 0 Å². The number of ether oxygens (including phenoxy) is 1. The van der Waals surface area contributed by atoms with Gasteiger partial charge in [-0.1, -0.05) is 24.3 Å². The number of aliphatic carboxylic acids is 1. The molecule has 0 atom stereocenters. The Labute approximate surface area is 150 Å². The third-order valence-corrected chi connectivity index (χ3v) is 4.13. The average molecular weight is 354 g/mol. The number of fused-ring (bicyclic) bond motifs is 2. The third kappa shape index (κ3) is 3.16. The molecular formula is C19H18N2O5. The summed E-state index contributed by atoms with van der Waals surface area (Å²) in [5, 5.41) is 14.6. The van der Waals surface area contributed by atoms with Crippen molar-refractivity contribution in [1.82, 2.24) is 0 Å². The van der Waals surface area contributed by atoms with E-state index < -0.39 is 5.97 Å². The summed E-state index contributed by atoms with van der Waals surface area (Å²) < 4.78 is 4.98. The first kappa shape index (κ1) is 17.6. The van der Waals surface area contributed by atoms with Crippen molar-refractivity contribution >= 4 is 28.9 Å². The fraction of sp³-hybridized carbons (Fsp3) is 0.211. The van der Waals surface area contributed by atoms with Crippen molar-refractivity contribution in [3.63, 3.8) is 0 Å². The quantitative estimate of drug-likeness (QED) is 0.558. The first-order chi connectivity index (χ1) is 12.5. The van der Waals surface area contributed by atoms with E-state index in [9.17, 15) is 14.4 Å². The molecule has 3 N–H and O–H groups in total. The Kier molecular flexibility index (Phi) is 4.99. The van der Waals surface area contributed by atoms with E-state index in [0.717, 1.165) is 0 Å². The standard InChI is InChI=1S/C19H18N2O5/c1-20-13-6-7-14(21-8-9-26-10-15(22)23)17-16(13)18(24)11-4-2-3-5-12(11)19(17)25/h2-7,20-21H,8-10H2,1H3,(H,22,23). The second kappa shape index (κ2) is 7.37. The number of carbonyl (C=O) groups excluding carboxylic acids is 2. The van der Waals surface area contributed by atoms with E-state index in [1.54, 1.807) is 43.4 Å². The zero-order chi connectivity index (χ0) is 18.7. The molecule has 2 aromatic rings. The highest BCUT2D eigenvalue weighted by atomic mass is 16.5. The van der Waals surface area contributed by atoms with Gasteiger partial charge in [-0.25, -0.2) is 4.79 Å². The van der Waals surface area contributed by atoms with Gasteiger partial charge in [0.25, 0.3) is 0 Å². The number of carboxylic acid groups (broad SMARTS) is 1. The lowest BCUT2D eigenvalue weighted by molar-refractivity contribution is -0.142. The predicted molar refractivity (Wildman–Crippen MR) is 96.2 cm³/mol. The second-order valence-corrected chi connectivity index (χ2v) is 5.74. The summed E-state index contributed by atoms with van der Waals surface area (Å²) in [7, 11) is 1.70. The lowest BCUT2D eigenvalue weighted by atomic mass is 9.82. The van der Waals surface area contributed by atoms with Crippen molar-refractivity contribution < 1.29 is 24.2 Å². The number of nitrogens with one attached hydrogen (secondary N) is 2. The largest absolute Gasteiger partial charge is 0.480 e. The van der Waals surface area contributed by atoms with Crippen LogP contribution in [0.15, 0.2) is 36.4 Å². The Morgan fingerprint density at radius 2 is 1.58 bits per heavy atom. The van der Waals surface area contributed by atoms with Crippen LogP contribution in [-0.2, 0) is 9.53 Å². The minimum absolute atomic E-state index is 0.160. The number of rotatable bonds is 7. The van der Waals surface area contributed by atoms with Gasteiger partial charge in [-0.3, -0.25) is 9.59 Å². The van der Waals surface area contributed by atoms with Gasteiger partial charge in [0.15, 0.2) is 11.6 Å². The molecule has 3 rings (SSSR count). The minimum atomic E-state index is -1.04. The van der Waals surface area contributed by atoms with Gasteiger partial charge in [0.1, 0.15) is 6.61 Å². The van der Waals surface area contributed by atoms with Crippen LogP contribution in [0.1, 0.15) is 31.8 Å². The molecule has 1 aliphatic rings. The molecule has 0 radical (unpaired) electrons. The number of ketones is 2. The van der Waals surface area contributed by atoms with E-state index in [-0.39, 0.29) is 24.8 Å². The summed E-state index contributed by atoms with van der Waals surface area (Å²) in [6, 6.07) is 10.2. The average Bonchev–Trinajstić information content (AvgIpc) is 2.65. The fourth-order valence-corrected chi connectivity index (χ4v) is 3.00. The van der Waals surface area contributed by atoms with E-state index >= 15 is 0 Å². The normalized spacial score (nSPS) is 12.3. The molecule has 2 aromatic carbocycles. The van der Waals surface area contributed by atoms with Gasteiger partial charge in [-0.2, -0.15) is 0 Å². The smallest absolute Gasteiger partial charge is 0.329 e. The Hall–Kier alpha value is -3.19. The minimum Gasteiger partial charge on any atom is -0.480 e. The van der Waals surface area contributed by atoms with Crippen molar-refractivity contribution in [2.24, 2.45) is 0 Å². The Morgan fingerprint density at radius 3 is 2.15 bits per heavy atom. The van der Waals surface area contributed by atoms with Gasteiger partial charge in [-0.05, 0) is 12.1 Å². The van der Waals surface area contributed by atoms with E-state index in [2.05, 4.69) is 10.6 Å².